The van der Waals surface area contributed by atoms with Gasteiger partial charge in [0, 0.05) is 11.4 Å². The Hall–Kier alpha value is -2.38. The number of likely N-dealkylation sites (N-methyl/N-ethyl adjacent to an activating group) is 1. The molecular weight excluding hydrogens is 312 g/mol. The van der Waals surface area contributed by atoms with Crippen molar-refractivity contribution in [3.05, 3.63) is 48.4 Å². The summed E-state index contributed by atoms with van der Waals surface area (Å²) in [6, 6.07) is 11.1. The molecule has 0 saturated carbocycles. The quantitative estimate of drug-likeness (QED) is 0.705. The second kappa shape index (κ2) is 8.30. The van der Waals surface area contributed by atoms with Crippen LogP contribution in [0, 0.1) is 0 Å². The fourth-order valence-corrected chi connectivity index (χ4v) is 2.11. The molecule has 0 radical (unpaired) electrons. The van der Waals surface area contributed by atoms with Crippen LogP contribution >= 0.6 is 12.2 Å². The van der Waals surface area contributed by atoms with Crippen molar-refractivity contribution in [1.29, 1.82) is 0 Å². The second-order valence-corrected chi connectivity index (χ2v) is 5.66. The second-order valence-electron chi connectivity index (χ2n) is 5.25. The van der Waals surface area contributed by atoms with Crippen molar-refractivity contribution < 1.29 is 9.21 Å². The van der Waals surface area contributed by atoms with Crippen molar-refractivity contribution in [2.45, 2.75) is 6.54 Å². The molecule has 1 amide bonds. The molecule has 0 aliphatic rings. The maximum absolute atomic E-state index is 11.8. The van der Waals surface area contributed by atoms with E-state index in [1.165, 1.54) is 0 Å². The van der Waals surface area contributed by atoms with E-state index in [-0.39, 0.29) is 5.91 Å². The molecule has 3 N–H and O–H groups in total. The van der Waals surface area contributed by atoms with E-state index in [1.54, 1.807) is 6.26 Å². The number of carbonyl (C=O) groups excluding carboxylic acids is 1. The largest absolute Gasteiger partial charge is 0.467 e. The molecule has 0 fully saturated rings. The number of nitrogens with zero attached hydrogens (tertiary/aromatic N) is 1. The molecule has 0 atom stereocenters. The van der Waals surface area contributed by atoms with E-state index in [2.05, 4.69) is 16.0 Å². The molecule has 0 aliphatic carbocycles. The number of thiocarbonyl (C=S) groups is 1. The van der Waals surface area contributed by atoms with E-state index in [4.69, 9.17) is 16.6 Å². The summed E-state index contributed by atoms with van der Waals surface area (Å²) in [5.74, 6) is 0.740. The topological polar surface area (TPSA) is 69.5 Å². The molecule has 23 heavy (non-hydrogen) atoms. The Morgan fingerprint density at radius 2 is 1.91 bits per heavy atom. The first-order chi connectivity index (χ1) is 11.0. The van der Waals surface area contributed by atoms with Gasteiger partial charge in [-0.1, -0.05) is 6.07 Å². The first kappa shape index (κ1) is 17.0. The number of rotatable bonds is 6. The molecular formula is C16H20N4O2S. The standard InChI is InChI=1S/C16H20N4O2S/c1-20(2)11-15(21)18-12-5-3-6-13(9-12)19-16(23)17-10-14-7-4-8-22-14/h3-9H,10-11H2,1-2H3,(H,18,21)(H2,17,19,23). The summed E-state index contributed by atoms with van der Waals surface area (Å²) in [6.45, 7) is 0.846. The highest BCUT2D eigenvalue weighted by molar-refractivity contribution is 7.80. The lowest BCUT2D eigenvalue weighted by atomic mass is 10.2. The van der Waals surface area contributed by atoms with E-state index in [9.17, 15) is 4.79 Å². The van der Waals surface area contributed by atoms with Crippen LogP contribution in [0.4, 0.5) is 11.4 Å². The molecule has 122 valence electrons. The van der Waals surface area contributed by atoms with Crippen molar-refractivity contribution in [1.82, 2.24) is 10.2 Å². The molecule has 1 aromatic carbocycles. The third-order valence-corrected chi connectivity index (χ3v) is 3.11. The number of benzene rings is 1. The number of furan rings is 1. The first-order valence-corrected chi connectivity index (χ1v) is 7.55. The number of amides is 1. The number of hydrogen-bond acceptors (Lipinski definition) is 4. The highest BCUT2D eigenvalue weighted by atomic mass is 32.1. The summed E-state index contributed by atoms with van der Waals surface area (Å²) in [5.41, 5.74) is 1.51. The highest BCUT2D eigenvalue weighted by Crippen LogP contribution is 2.15. The zero-order valence-electron chi connectivity index (χ0n) is 13.1. The van der Waals surface area contributed by atoms with Gasteiger partial charge in [-0.05, 0) is 56.6 Å². The van der Waals surface area contributed by atoms with Gasteiger partial charge in [-0.2, -0.15) is 0 Å². The SMILES string of the molecule is CN(C)CC(=O)Nc1cccc(NC(=S)NCc2ccco2)c1. The molecule has 0 aliphatic heterocycles. The molecule has 7 heteroatoms. The van der Waals surface area contributed by atoms with Crippen LogP contribution in [-0.4, -0.2) is 36.6 Å². The fourth-order valence-electron chi connectivity index (χ4n) is 1.92. The molecule has 0 unspecified atom stereocenters. The predicted molar refractivity (Wildman–Crippen MR) is 95.4 cm³/mol. The Bertz CT molecular complexity index is 656. The molecule has 2 rings (SSSR count). The Kier molecular flexibility index (Phi) is 6.13. The van der Waals surface area contributed by atoms with Gasteiger partial charge in [0.15, 0.2) is 5.11 Å². The Morgan fingerprint density at radius 3 is 2.57 bits per heavy atom. The summed E-state index contributed by atoms with van der Waals surface area (Å²) in [5, 5.41) is 9.45. The zero-order chi connectivity index (χ0) is 16.7. The number of nitrogens with one attached hydrogen (secondary N) is 3. The van der Waals surface area contributed by atoms with Gasteiger partial charge in [-0.25, -0.2) is 0 Å². The zero-order valence-corrected chi connectivity index (χ0v) is 13.9. The lowest BCUT2D eigenvalue weighted by molar-refractivity contribution is -0.116. The van der Waals surface area contributed by atoms with E-state index in [0.29, 0.717) is 18.2 Å². The van der Waals surface area contributed by atoms with Crippen molar-refractivity contribution >= 4 is 34.6 Å². The summed E-state index contributed by atoms with van der Waals surface area (Å²) in [7, 11) is 3.70. The molecule has 0 spiro atoms. The molecule has 1 aromatic heterocycles. The van der Waals surface area contributed by atoms with Crippen LogP contribution in [-0.2, 0) is 11.3 Å². The predicted octanol–water partition coefficient (Wildman–Crippen LogP) is 2.27. The van der Waals surface area contributed by atoms with Crippen LogP contribution in [0.2, 0.25) is 0 Å². The summed E-state index contributed by atoms with van der Waals surface area (Å²) < 4.78 is 5.23. The van der Waals surface area contributed by atoms with Crippen LogP contribution in [0.15, 0.2) is 47.1 Å². The number of anilines is 2. The fraction of sp³-hybridized carbons (Fsp3) is 0.250. The monoisotopic (exact) mass is 332 g/mol. The van der Waals surface area contributed by atoms with Crippen LogP contribution < -0.4 is 16.0 Å². The summed E-state index contributed by atoms with van der Waals surface area (Å²) >= 11 is 5.24. The molecule has 0 bridgehead atoms. The smallest absolute Gasteiger partial charge is 0.238 e. The number of carbonyl (C=O) groups is 1. The Balaban J connectivity index is 1.86. The first-order valence-electron chi connectivity index (χ1n) is 7.15. The summed E-state index contributed by atoms with van der Waals surface area (Å²) in [6.07, 6.45) is 1.62. The average Bonchev–Trinajstić information content (AvgIpc) is 2.97. The van der Waals surface area contributed by atoms with Gasteiger partial charge in [0.05, 0.1) is 19.4 Å². The van der Waals surface area contributed by atoms with Crippen molar-refractivity contribution in [3.8, 4) is 0 Å². The van der Waals surface area contributed by atoms with E-state index < -0.39 is 0 Å². The number of hydrogen-bond donors (Lipinski definition) is 3. The van der Waals surface area contributed by atoms with Gasteiger partial charge >= 0.3 is 0 Å². The van der Waals surface area contributed by atoms with Gasteiger partial charge in [0.1, 0.15) is 5.76 Å². The molecule has 0 saturated heterocycles. The minimum absolute atomic E-state index is 0.0642. The van der Waals surface area contributed by atoms with Crippen molar-refractivity contribution in [2.24, 2.45) is 0 Å². The van der Waals surface area contributed by atoms with Crippen molar-refractivity contribution in [2.75, 3.05) is 31.3 Å². The van der Waals surface area contributed by atoms with Gasteiger partial charge in [-0.15, -0.1) is 0 Å². The van der Waals surface area contributed by atoms with Gasteiger partial charge < -0.3 is 25.3 Å². The maximum atomic E-state index is 11.8. The van der Waals surface area contributed by atoms with Crippen LogP contribution in [0.3, 0.4) is 0 Å². The van der Waals surface area contributed by atoms with Gasteiger partial charge in [-0.3, -0.25) is 4.79 Å². The Labute approximate surface area is 140 Å². The van der Waals surface area contributed by atoms with Crippen LogP contribution in [0.1, 0.15) is 5.76 Å². The van der Waals surface area contributed by atoms with E-state index >= 15 is 0 Å². The van der Waals surface area contributed by atoms with Gasteiger partial charge in [0.2, 0.25) is 5.91 Å². The minimum Gasteiger partial charge on any atom is -0.467 e. The molecule has 1 heterocycles. The lowest BCUT2D eigenvalue weighted by Crippen LogP contribution is -2.28. The normalized spacial score (nSPS) is 10.4. The average molecular weight is 332 g/mol. The molecule has 2 aromatic rings. The Morgan fingerprint density at radius 1 is 1.17 bits per heavy atom. The van der Waals surface area contributed by atoms with Gasteiger partial charge in [0.25, 0.3) is 0 Å². The van der Waals surface area contributed by atoms with E-state index in [0.717, 1.165) is 17.1 Å². The lowest BCUT2D eigenvalue weighted by Gasteiger charge is -2.12. The third kappa shape index (κ3) is 6.09. The minimum atomic E-state index is -0.0642. The highest BCUT2D eigenvalue weighted by Gasteiger charge is 2.05. The van der Waals surface area contributed by atoms with Crippen molar-refractivity contribution in [3.63, 3.8) is 0 Å². The maximum Gasteiger partial charge on any atom is 0.238 e. The third-order valence-electron chi connectivity index (χ3n) is 2.87. The molecule has 6 nitrogen and oxygen atoms in total. The summed E-state index contributed by atoms with van der Waals surface area (Å²) in [4.78, 5) is 13.6. The van der Waals surface area contributed by atoms with Crippen LogP contribution in [0.5, 0.6) is 0 Å². The van der Waals surface area contributed by atoms with E-state index in [1.807, 2.05) is 55.4 Å². The van der Waals surface area contributed by atoms with Crippen LogP contribution in [0.25, 0.3) is 0 Å².